The fourth-order valence-electron chi connectivity index (χ4n) is 0.775. The Kier molecular flexibility index (Phi) is 2.53. The van der Waals surface area contributed by atoms with Gasteiger partial charge in [-0.2, -0.15) is 0 Å². The van der Waals surface area contributed by atoms with Crippen molar-refractivity contribution in [3.8, 4) is 5.75 Å². The zero-order valence-electron chi connectivity index (χ0n) is 6.60. The summed E-state index contributed by atoms with van der Waals surface area (Å²) in [5.74, 6) is -0.693. The van der Waals surface area contributed by atoms with Crippen molar-refractivity contribution in [2.24, 2.45) is 10.9 Å². The van der Waals surface area contributed by atoms with Crippen molar-refractivity contribution in [3.63, 3.8) is 0 Å². The second-order valence-electron chi connectivity index (χ2n) is 2.32. The molecule has 0 aliphatic rings. The predicted molar refractivity (Wildman–Crippen MR) is 43.8 cm³/mol. The van der Waals surface area contributed by atoms with Gasteiger partial charge in [0.05, 0.1) is 12.7 Å². The molecule has 0 atom stereocenters. The van der Waals surface area contributed by atoms with Gasteiger partial charge in [-0.15, -0.1) is 0 Å². The van der Waals surface area contributed by atoms with E-state index in [2.05, 4.69) is 5.16 Å². The maximum Gasteiger partial charge on any atom is 0.226 e. The van der Waals surface area contributed by atoms with Gasteiger partial charge in [-0.25, -0.2) is 0 Å². The van der Waals surface area contributed by atoms with Gasteiger partial charge < -0.3 is 20.5 Å². The zero-order valence-corrected chi connectivity index (χ0v) is 6.60. The van der Waals surface area contributed by atoms with Crippen LogP contribution in [0.3, 0.4) is 0 Å². The molecule has 6 heteroatoms. The standard InChI is InChI=1S/C7H8N2O4/c8-6(9-12)3-5-7(11)4(10)1-2-13-5/h1-2,11-12H,3H2,(H2,8,9). The molecule has 0 radical (unpaired) electrons. The van der Waals surface area contributed by atoms with E-state index >= 15 is 0 Å². The van der Waals surface area contributed by atoms with E-state index in [1.807, 2.05) is 0 Å². The van der Waals surface area contributed by atoms with E-state index in [-0.39, 0.29) is 18.0 Å². The maximum absolute atomic E-state index is 10.9. The van der Waals surface area contributed by atoms with Gasteiger partial charge in [-0.3, -0.25) is 4.79 Å². The highest BCUT2D eigenvalue weighted by Crippen LogP contribution is 2.10. The lowest BCUT2D eigenvalue weighted by atomic mass is 10.2. The second kappa shape index (κ2) is 3.61. The van der Waals surface area contributed by atoms with E-state index in [1.165, 1.54) is 0 Å². The fraction of sp³-hybridized carbons (Fsp3) is 0.143. The van der Waals surface area contributed by atoms with Crippen molar-refractivity contribution >= 4 is 5.84 Å². The number of nitrogens with two attached hydrogens (primary N) is 1. The van der Waals surface area contributed by atoms with Crippen LogP contribution in [0.4, 0.5) is 0 Å². The summed E-state index contributed by atoms with van der Waals surface area (Å²) in [5, 5.41) is 20.0. The summed E-state index contributed by atoms with van der Waals surface area (Å²) in [5.41, 5.74) is 4.59. The summed E-state index contributed by atoms with van der Waals surface area (Å²) < 4.78 is 4.79. The van der Waals surface area contributed by atoms with Crippen LogP contribution < -0.4 is 11.2 Å². The molecule has 0 saturated carbocycles. The smallest absolute Gasteiger partial charge is 0.226 e. The number of aromatic hydroxyl groups is 1. The molecule has 1 rings (SSSR count). The molecule has 0 saturated heterocycles. The van der Waals surface area contributed by atoms with Crippen LogP contribution in [0.5, 0.6) is 5.75 Å². The Morgan fingerprint density at radius 2 is 2.38 bits per heavy atom. The minimum atomic E-state index is -0.563. The molecule has 13 heavy (non-hydrogen) atoms. The lowest BCUT2D eigenvalue weighted by Gasteiger charge is -1.99. The number of amidine groups is 1. The Balaban J connectivity index is 3.03. The van der Waals surface area contributed by atoms with Crippen molar-refractivity contribution in [1.29, 1.82) is 0 Å². The lowest BCUT2D eigenvalue weighted by molar-refractivity contribution is 0.316. The molecule has 1 aromatic rings. The molecule has 0 spiro atoms. The number of rotatable bonds is 2. The van der Waals surface area contributed by atoms with Crippen LogP contribution in [0.25, 0.3) is 0 Å². The number of oxime groups is 1. The van der Waals surface area contributed by atoms with Gasteiger partial charge in [0.2, 0.25) is 11.2 Å². The SMILES string of the molecule is N/C(Cc1occc(=O)c1O)=N\O. The van der Waals surface area contributed by atoms with Gasteiger partial charge in [0.15, 0.2) is 5.76 Å². The third-order valence-electron chi connectivity index (χ3n) is 1.40. The largest absolute Gasteiger partial charge is 0.502 e. The van der Waals surface area contributed by atoms with E-state index in [0.717, 1.165) is 12.3 Å². The van der Waals surface area contributed by atoms with Crippen molar-refractivity contribution in [1.82, 2.24) is 0 Å². The topological polar surface area (TPSA) is 109 Å². The molecule has 0 aliphatic heterocycles. The molecule has 0 amide bonds. The van der Waals surface area contributed by atoms with E-state index in [9.17, 15) is 4.79 Å². The summed E-state index contributed by atoms with van der Waals surface area (Å²) in [6.45, 7) is 0. The van der Waals surface area contributed by atoms with Gasteiger partial charge in [0.25, 0.3) is 0 Å². The highest BCUT2D eigenvalue weighted by molar-refractivity contribution is 5.81. The highest BCUT2D eigenvalue weighted by Gasteiger charge is 2.08. The molecule has 0 bridgehead atoms. The van der Waals surface area contributed by atoms with E-state index in [4.69, 9.17) is 20.5 Å². The molecule has 0 aromatic carbocycles. The second-order valence-corrected chi connectivity index (χ2v) is 2.32. The van der Waals surface area contributed by atoms with Crippen LogP contribution in [0.2, 0.25) is 0 Å². The van der Waals surface area contributed by atoms with Crippen LogP contribution in [0.1, 0.15) is 5.76 Å². The number of nitrogens with zero attached hydrogens (tertiary/aromatic N) is 1. The first kappa shape index (κ1) is 9.11. The van der Waals surface area contributed by atoms with E-state index < -0.39 is 11.2 Å². The molecule has 70 valence electrons. The highest BCUT2D eigenvalue weighted by atomic mass is 16.4. The third-order valence-corrected chi connectivity index (χ3v) is 1.40. The van der Waals surface area contributed by atoms with E-state index in [1.54, 1.807) is 0 Å². The van der Waals surface area contributed by atoms with Crippen LogP contribution in [0, 0.1) is 0 Å². The molecule has 1 aromatic heterocycles. The summed E-state index contributed by atoms with van der Waals surface area (Å²) in [4.78, 5) is 10.9. The molecular formula is C7H8N2O4. The van der Waals surface area contributed by atoms with Gasteiger partial charge >= 0.3 is 0 Å². The summed E-state index contributed by atoms with van der Waals surface area (Å²) >= 11 is 0. The molecular weight excluding hydrogens is 176 g/mol. The van der Waals surface area contributed by atoms with Crippen molar-refractivity contribution in [2.45, 2.75) is 6.42 Å². The minimum Gasteiger partial charge on any atom is -0.502 e. The summed E-state index contributed by atoms with van der Waals surface area (Å²) in [6.07, 6.45) is 1.01. The first-order valence-corrected chi connectivity index (χ1v) is 3.41. The maximum atomic E-state index is 10.9. The van der Waals surface area contributed by atoms with Gasteiger partial charge in [-0.05, 0) is 0 Å². The molecule has 4 N–H and O–H groups in total. The van der Waals surface area contributed by atoms with Crippen molar-refractivity contribution in [2.75, 3.05) is 0 Å². The Hall–Kier alpha value is -1.98. The monoisotopic (exact) mass is 184 g/mol. The molecule has 0 unspecified atom stereocenters. The molecule has 0 fully saturated rings. The first-order valence-electron chi connectivity index (χ1n) is 3.41. The lowest BCUT2D eigenvalue weighted by Crippen LogP contribution is -2.16. The Morgan fingerprint density at radius 1 is 1.69 bits per heavy atom. The minimum absolute atomic E-state index is 0.0252. The molecule has 6 nitrogen and oxygen atoms in total. The fourth-order valence-corrected chi connectivity index (χ4v) is 0.775. The average Bonchev–Trinajstić information content (AvgIpc) is 2.13. The summed E-state index contributed by atoms with van der Waals surface area (Å²) in [6, 6.07) is 1.07. The van der Waals surface area contributed by atoms with Gasteiger partial charge in [0, 0.05) is 6.07 Å². The van der Waals surface area contributed by atoms with Crippen LogP contribution in [-0.2, 0) is 6.42 Å². The first-order chi connectivity index (χ1) is 6.15. The van der Waals surface area contributed by atoms with Crippen molar-refractivity contribution in [3.05, 3.63) is 28.3 Å². The quantitative estimate of drug-likeness (QED) is 0.251. The van der Waals surface area contributed by atoms with Crippen LogP contribution in [0.15, 0.2) is 26.7 Å². The van der Waals surface area contributed by atoms with Gasteiger partial charge in [0.1, 0.15) is 5.84 Å². The number of hydrogen-bond acceptors (Lipinski definition) is 5. The number of hydrogen-bond donors (Lipinski definition) is 3. The Labute approximate surface area is 72.9 Å². The Morgan fingerprint density at radius 3 is 3.00 bits per heavy atom. The van der Waals surface area contributed by atoms with Crippen LogP contribution >= 0.6 is 0 Å². The van der Waals surface area contributed by atoms with Gasteiger partial charge in [-0.1, -0.05) is 5.16 Å². The Bertz CT molecular complexity index is 382. The predicted octanol–water partition coefficient (Wildman–Crippen LogP) is -0.366. The van der Waals surface area contributed by atoms with Crippen LogP contribution in [-0.4, -0.2) is 16.1 Å². The zero-order chi connectivity index (χ0) is 9.84. The molecule has 0 aliphatic carbocycles. The molecule has 1 heterocycles. The van der Waals surface area contributed by atoms with Crippen molar-refractivity contribution < 1.29 is 14.7 Å². The average molecular weight is 184 g/mol. The normalized spacial score (nSPS) is 11.5. The summed E-state index contributed by atoms with van der Waals surface area (Å²) in [7, 11) is 0. The third kappa shape index (κ3) is 1.98. The van der Waals surface area contributed by atoms with E-state index in [0.29, 0.717) is 0 Å².